The highest BCUT2D eigenvalue weighted by molar-refractivity contribution is 7.90. The first-order valence-corrected chi connectivity index (χ1v) is 12.8. The predicted molar refractivity (Wildman–Crippen MR) is 132 cm³/mol. The first-order valence-electron chi connectivity index (χ1n) is 10.1. The number of nitrogens with zero attached hydrogens (tertiary/aromatic N) is 3. The summed E-state index contributed by atoms with van der Waals surface area (Å²) < 4.78 is 35.1. The van der Waals surface area contributed by atoms with E-state index in [9.17, 15) is 13.2 Å². The summed E-state index contributed by atoms with van der Waals surface area (Å²) in [6.07, 6.45) is 4.37. The second-order valence-electron chi connectivity index (χ2n) is 7.64. The third-order valence-electron chi connectivity index (χ3n) is 4.87. The van der Waals surface area contributed by atoms with E-state index in [4.69, 9.17) is 9.47 Å². The number of methoxy groups -OCH3 is 2. The van der Waals surface area contributed by atoms with Gasteiger partial charge in [-0.15, -0.1) is 0 Å². The minimum atomic E-state index is -3.33. The Hall–Kier alpha value is -2.95. The molecule has 0 fully saturated rings. The summed E-state index contributed by atoms with van der Waals surface area (Å²) in [5, 5.41) is 0.513. The first-order chi connectivity index (χ1) is 15.6. The van der Waals surface area contributed by atoms with Gasteiger partial charge in [-0.25, -0.2) is 13.4 Å². The van der Waals surface area contributed by atoms with Crippen LogP contribution in [0, 0.1) is 0 Å². The van der Waals surface area contributed by atoms with Crippen LogP contribution in [0.15, 0.2) is 47.4 Å². The van der Waals surface area contributed by atoms with Crippen LogP contribution in [0.3, 0.4) is 0 Å². The largest absolute Gasteiger partial charge is 0.493 e. The van der Waals surface area contributed by atoms with Gasteiger partial charge in [0, 0.05) is 25.4 Å². The molecule has 0 atom stereocenters. The van der Waals surface area contributed by atoms with E-state index in [1.165, 1.54) is 29.7 Å². The lowest BCUT2D eigenvalue weighted by molar-refractivity contribution is -0.114. The van der Waals surface area contributed by atoms with Crippen LogP contribution < -0.4 is 14.4 Å². The second kappa shape index (κ2) is 10.3. The van der Waals surface area contributed by atoms with Crippen molar-refractivity contribution in [3.63, 3.8) is 0 Å². The van der Waals surface area contributed by atoms with Gasteiger partial charge in [0.1, 0.15) is 0 Å². The highest BCUT2D eigenvalue weighted by atomic mass is 32.2. The van der Waals surface area contributed by atoms with E-state index in [1.807, 2.05) is 25.1 Å². The molecule has 0 spiro atoms. The van der Waals surface area contributed by atoms with Crippen molar-refractivity contribution in [1.82, 2.24) is 9.88 Å². The molecule has 2 aromatic carbocycles. The van der Waals surface area contributed by atoms with Crippen LogP contribution in [0.25, 0.3) is 16.3 Å². The summed E-state index contributed by atoms with van der Waals surface area (Å²) in [6, 6.07) is 10.2. The van der Waals surface area contributed by atoms with Gasteiger partial charge in [0.25, 0.3) is 5.91 Å². The Morgan fingerprint density at radius 3 is 2.42 bits per heavy atom. The number of ether oxygens (including phenoxy) is 2. The molecule has 0 saturated carbocycles. The number of sulfone groups is 1. The van der Waals surface area contributed by atoms with E-state index in [2.05, 4.69) is 4.98 Å². The zero-order valence-electron chi connectivity index (χ0n) is 19.2. The van der Waals surface area contributed by atoms with E-state index in [0.717, 1.165) is 5.56 Å². The van der Waals surface area contributed by atoms with Gasteiger partial charge in [0.2, 0.25) is 0 Å². The summed E-state index contributed by atoms with van der Waals surface area (Å²) in [4.78, 5) is 21.5. The molecule has 176 valence electrons. The maximum atomic E-state index is 13.1. The molecule has 10 heteroatoms. The molecule has 1 aromatic heterocycles. The summed E-state index contributed by atoms with van der Waals surface area (Å²) in [5.41, 5.74) is 1.43. The summed E-state index contributed by atoms with van der Waals surface area (Å²) >= 11 is 1.29. The van der Waals surface area contributed by atoms with Gasteiger partial charge < -0.3 is 14.4 Å². The smallest absolute Gasteiger partial charge is 0.252 e. The molecule has 0 unspecified atom stereocenters. The first kappa shape index (κ1) is 24.7. The lowest BCUT2D eigenvalue weighted by Gasteiger charge is -2.20. The van der Waals surface area contributed by atoms with Crippen LogP contribution in [0.4, 0.5) is 5.13 Å². The lowest BCUT2D eigenvalue weighted by Crippen LogP contribution is -2.35. The number of rotatable bonds is 9. The Bertz CT molecular complexity index is 1280. The molecular formula is C23H27N3O5S2. The second-order valence-corrected chi connectivity index (χ2v) is 10.7. The van der Waals surface area contributed by atoms with E-state index < -0.39 is 9.84 Å². The minimum absolute atomic E-state index is 0.227. The van der Waals surface area contributed by atoms with Gasteiger partial charge in [-0.3, -0.25) is 9.69 Å². The number of fused-ring (bicyclic) bond motifs is 1. The van der Waals surface area contributed by atoms with Gasteiger partial charge in [-0.05, 0) is 56.1 Å². The normalized spacial score (nSPS) is 11.9. The van der Waals surface area contributed by atoms with E-state index >= 15 is 0 Å². The predicted octanol–water partition coefficient (Wildman–Crippen LogP) is 3.33. The van der Waals surface area contributed by atoms with Crippen LogP contribution in [0.2, 0.25) is 0 Å². The van der Waals surface area contributed by atoms with Crippen LogP contribution in [-0.2, 0) is 14.6 Å². The van der Waals surface area contributed by atoms with E-state index in [1.54, 1.807) is 49.5 Å². The molecule has 1 heterocycles. The zero-order valence-corrected chi connectivity index (χ0v) is 20.9. The van der Waals surface area contributed by atoms with E-state index in [0.29, 0.717) is 39.9 Å². The number of anilines is 1. The fourth-order valence-electron chi connectivity index (χ4n) is 3.05. The molecule has 8 nitrogen and oxygen atoms in total. The highest BCUT2D eigenvalue weighted by Gasteiger charge is 2.19. The molecule has 1 amide bonds. The molecule has 33 heavy (non-hydrogen) atoms. The number of hydrogen-bond donors (Lipinski definition) is 0. The maximum Gasteiger partial charge on any atom is 0.252 e. The standard InChI is InChI=1S/C23H27N3O5S2/c1-25(2)12-13-26(22(27)11-7-16-6-10-19(30-3)20(14-16)31-4)23-24-18-9-8-17(33(5,28)29)15-21(18)32-23/h6-11,14-15H,12-13H2,1-5H3/b11-7+. The number of hydrogen-bond acceptors (Lipinski definition) is 8. The molecule has 0 saturated heterocycles. The molecule has 0 radical (unpaired) electrons. The van der Waals surface area contributed by atoms with Crippen molar-refractivity contribution in [1.29, 1.82) is 0 Å². The SMILES string of the molecule is COc1ccc(/C=C/C(=O)N(CCN(C)C)c2nc3ccc(S(C)(=O)=O)cc3s2)cc1OC. The third-order valence-corrected chi connectivity index (χ3v) is 7.02. The average molecular weight is 490 g/mol. The molecule has 0 aliphatic heterocycles. The Labute approximate surface area is 198 Å². The molecule has 0 aliphatic carbocycles. The van der Waals surface area contributed by atoms with Crippen LogP contribution in [0.1, 0.15) is 5.56 Å². The van der Waals surface area contributed by atoms with Crippen LogP contribution >= 0.6 is 11.3 Å². The fourth-order valence-corrected chi connectivity index (χ4v) is 4.81. The van der Waals surface area contributed by atoms with Crippen molar-refractivity contribution in [3.8, 4) is 11.5 Å². The minimum Gasteiger partial charge on any atom is -0.493 e. The van der Waals surface area contributed by atoms with Crippen LogP contribution in [0.5, 0.6) is 11.5 Å². The summed E-state index contributed by atoms with van der Waals surface area (Å²) in [5.74, 6) is 0.954. The number of carbonyl (C=O) groups is 1. The number of benzene rings is 2. The number of thiazole rings is 1. The Morgan fingerprint density at radius 1 is 1.06 bits per heavy atom. The van der Waals surface area contributed by atoms with Gasteiger partial charge in [0.05, 0.1) is 29.3 Å². The number of amides is 1. The number of likely N-dealkylation sites (N-methyl/N-ethyl adjacent to an activating group) is 1. The molecule has 0 aliphatic rings. The number of carbonyl (C=O) groups excluding carboxylic acids is 1. The highest BCUT2D eigenvalue weighted by Crippen LogP contribution is 2.31. The van der Waals surface area contributed by atoms with Gasteiger partial charge in [-0.1, -0.05) is 17.4 Å². The molecule has 3 rings (SSSR count). The summed E-state index contributed by atoms with van der Waals surface area (Å²) in [6.45, 7) is 1.07. The molecular weight excluding hydrogens is 462 g/mol. The molecule has 0 bridgehead atoms. The maximum absolute atomic E-state index is 13.1. The Kier molecular flexibility index (Phi) is 7.72. The van der Waals surface area contributed by atoms with Crippen molar-refractivity contribution < 1.29 is 22.7 Å². The Balaban J connectivity index is 1.92. The third kappa shape index (κ3) is 6.10. The van der Waals surface area contributed by atoms with Crippen LogP contribution in [-0.4, -0.2) is 71.9 Å². The Morgan fingerprint density at radius 2 is 1.79 bits per heavy atom. The van der Waals surface area contributed by atoms with Crippen molar-refractivity contribution in [3.05, 3.63) is 48.0 Å². The van der Waals surface area contributed by atoms with Crippen molar-refractivity contribution >= 4 is 48.5 Å². The molecule has 3 aromatic rings. The lowest BCUT2D eigenvalue weighted by atomic mass is 10.2. The monoisotopic (exact) mass is 489 g/mol. The number of aromatic nitrogens is 1. The van der Waals surface area contributed by atoms with Crippen molar-refractivity contribution in [2.45, 2.75) is 4.90 Å². The fraction of sp³-hybridized carbons (Fsp3) is 0.304. The van der Waals surface area contributed by atoms with Crippen molar-refractivity contribution in [2.75, 3.05) is 52.6 Å². The summed E-state index contributed by atoms with van der Waals surface area (Å²) in [7, 11) is 3.65. The van der Waals surface area contributed by atoms with E-state index in [-0.39, 0.29) is 10.8 Å². The average Bonchev–Trinajstić information content (AvgIpc) is 3.19. The van der Waals surface area contributed by atoms with Gasteiger partial charge in [0.15, 0.2) is 26.5 Å². The quantitative estimate of drug-likeness (QED) is 0.426. The van der Waals surface area contributed by atoms with Gasteiger partial charge in [-0.2, -0.15) is 0 Å². The zero-order chi connectivity index (χ0) is 24.2. The van der Waals surface area contributed by atoms with Crippen molar-refractivity contribution in [2.24, 2.45) is 0 Å². The molecule has 0 N–H and O–H groups in total. The van der Waals surface area contributed by atoms with Gasteiger partial charge >= 0.3 is 0 Å². The topological polar surface area (TPSA) is 89.0 Å².